The minimum atomic E-state index is -2.83. The van der Waals surface area contributed by atoms with Gasteiger partial charge in [-0.3, -0.25) is 4.57 Å². The van der Waals surface area contributed by atoms with Gasteiger partial charge in [-0.05, 0) is 73.5 Å². The summed E-state index contributed by atoms with van der Waals surface area (Å²) in [6.07, 6.45) is -1.35. The van der Waals surface area contributed by atoms with Crippen molar-refractivity contribution in [3.8, 4) is 5.95 Å². The second-order valence-corrected chi connectivity index (χ2v) is 11.4. The minimum absolute atomic E-state index is 0.0935. The van der Waals surface area contributed by atoms with Gasteiger partial charge in [0.15, 0.2) is 5.82 Å². The van der Waals surface area contributed by atoms with E-state index in [-0.39, 0.29) is 17.8 Å². The molecule has 2 saturated heterocycles. The first-order valence-electron chi connectivity index (χ1n) is 14.8. The third-order valence-electron chi connectivity index (χ3n) is 8.20. The Morgan fingerprint density at radius 3 is 1.96 bits per heavy atom. The Morgan fingerprint density at radius 1 is 0.733 bits per heavy atom. The molecule has 7 rings (SSSR count). The van der Waals surface area contributed by atoms with E-state index in [9.17, 15) is 13.2 Å². The fourth-order valence-electron chi connectivity index (χ4n) is 5.99. The summed E-state index contributed by atoms with van der Waals surface area (Å²) >= 11 is 6.18. The van der Waals surface area contributed by atoms with E-state index in [1.165, 1.54) is 16.7 Å². The fourth-order valence-corrected chi connectivity index (χ4v) is 6.11. The number of aromatic nitrogens is 5. The van der Waals surface area contributed by atoms with Crippen LogP contribution in [0, 0.1) is 5.82 Å². The average Bonchev–Trinajstić information content (AvgIpc) is 3.47. The van der Waals surface area contributed by atoms with Gasteiger partial charge in [-0.1, -0.05) is 23.7 Å². The maximum absolute atomic E-state index is 14.3. The molecular weight excluding hydrogens is 605 g/mol. The van der Waals surface area contributed by atoms with Crippen LogP contribution in [0.2, 0.25) is 5.02 Å². The highest BCUT2D eigenvalue weighted by atomic mass is 35.5. The summed E-state index contributed by atoms with van der Waals surface area (Å²) in [6.45, 7) is 3.39. The molecule has 0 amide bonds. The van der Waals surface area contributed by atoms with E-state index >= 15 is 0 Å². The van der Waals surface area contributed by atoms with E-state index in [2.05, 4.69) is 19.8 Å². The zero-order valence-corrected chi connectivity index (χ0v) is 25.0. The van der Waals surface area contributed by atoms with Crippen molar-refractivity contribution in [1.29, 1.82) is 0 Å². The van der Waals surface area contributed by atoms with E-state index < -0.39 is 12.2 Å². The number of para-hydroxylation sites is 2. The lowest BCUT2D eigenvalue weighted by Crippen LogP contribution is -2.44. The molecule has 0 spiro atoms. The average molecular weight is 635 g/mol. The molecule has 0 unspecified atom stereocenters. The highest BCUT2D eigenvalue weighted by Crippen LogP contribution is 2.34. The van der Waals surface area contributed by atoms with Gasteiger partial charge in [-0.15, -0.1) is 0 Å². The molecule has 0 bridgehead atoms. The van der Waals surface area contributed by atoms with Crippen molar-refractivity contribution in [3.05, 3.63) is 89.5 Å². The number of alkyl halides is 2. The number of halogens is 4. The van der Waals surface area contributed by atoms with Gasteiger partial charge in [0.25, 0.3) is 6.43 Å². The number of hydrogen-bond acceptors (Lipinski definition) is 8. The smallest absolute Gasteiger partial charge is 0.296 e. The van der Waals surface area contributed by atoms with Gasteiger partial charge in [-0.2, -0.15) is 15.0 Å². The fraction of sp³-hybridized carbons (Fsp3) is 0.312. The van der Waals surface area contributed by atoms with Crippen LogP contribution >= 0.6 is 11.6 Å². The molecule has 0 atom stereocenters. The molecule has 45 heavy (non-hydrogen) atoms. The van der Waals surface area contributed by atoms with Crippen molar-refractivity contribution in [3.63, 3.8) is 0 Å². The number of imidazole rings is 1. The highest BCUT2D eigenvalue weighted by Gasteiger charge is 2.30. The molecule has 232 valence electrons. The molecule has 2 aliphatic rings. The second kappa shape index (κ2) is 12.5. The van der Waals surface area contributed by atoms with Crippen molar-refractivity contribution in [2.75, 3.05) is 54.1 Å². The van der Waals surface area contributed by atoms with Crippen molar-refractivity contribution in [2.45, 2.75) is 25.3 Å². The van der Waals surface area contributed by atoms with E-state index in [0.29, 0.717) is 67.3 Å². The van der Waals surface area contributed by atoms with Crippen molar-refractivity contribution in [2.24, 2.45) is 0 Å². The standard InChI is InChI=1S/C32H30ClF3N8O/c33-21-5-9-23(10-6-21)43(24-11-7-22(34)8-12-24)25-13-15-41(16-14-25)30-38-31(42-17-19-45-20-18-42)40-32(39-30)44-27-4-2-1-3-26(27)37-29(44)28(35)36/h1-12,25,28H,13-20H2. The van der Waals surface area contributed by atoms with E-state index in [4.69, 9.17) is 26.3 Å². The molecule has 5 aromatic rings. The van der Waals surface area contributed by atoms with Gasteiger partial charge in [0.05, 0.1) is 24.2 Å². The van der Waals surface area contributed by atoms with Gasteiger partial charge in [0.1, 0.15) is 5.82 Å². The number of piperidine rings is 1. The molecule has 0 saturated carbocycles. The Kier molecular flexibility index (Phi) is 8.16. The van der Waals surface area contributed by atoms with Crippen LogP contribution in [0.3, 0.4) is 0 Å². The molecule has 2 aliphatic heterocycles. The SMILES string of the molecule is Fc1ccc(N(c2ccc(Cl)cc2)C2CCN(c3nc(N4CCOCC4)nc(-n4c(C(F)F)nc5ccccc54)n3)CC2)cc1. The number of ether oxygens (including phenoxy) is 1. The molecule has 2 aromatic heterocycles. The number of rotatable bonds is 7. The van der Waals surface area contributed by atoms with Crippen LogP contribution in [0.1, 0.15) is 25.1 Å². The summed E-state index contributed by atoms with van der Waals surface area (Å²) in [7, 11) is 0. The van der Waals surface area contributed by atoms with Crippen molar-refractivity contribution >= 4 is 45.9 Å². The Hall–Kier alpha value is -4.42. The lowest BCUT2D eigenvalue weighted by molar-refractivity contribution is 0.122. The zero-order chi connectivity index (χ0) is 30.9. The zero-order valence-electron chi connectivity index (χ0n) is 24.2. The molecule has 3 aromatic carbocycles. The quantitative estimate of drug-likeness (QED) is 0.199. The molecule has 0 aliphatic carbocycles. The normalized spacial score (nSPS) is 16.1. The van der Waals surface area contributed by atoms with Crippen molar-refractivity contribution in [1.82, 2.24) is 24.5 Å². The summed E-state index contributed by atoms with van der Waals surface area (Å²) in [5, 5.41) is 0.634. The lowest BCUT2D eigenvalue weighted by atomic mass is 10.0. The molecule has 13 heteroatoms. The number of anilines is 4. The topological polar surface area (TPSA) is 75.4 Å². The van der Waals surface area contributed by atoms with E-state index in [1.807, 2.05) is 29.2 Å². The van der Waals surface area contributed by atoms with Gasteiger partial charge < -0.3 is 19.4 Å². The van der Waals surface area contributed by atoms with Gasteiger partial charge in [0.2, 0.25) is 17.8 Å². The van der Waals surface area contributed by atoms with Crippen LogP contribution in [-0.4, -0.2) is 69.9 Å². The first kappa shape index (κ1) is 29.3. The van der Waals surface area contributed by atoms with Crippen molar-refractivity contribution < 1.29 is 17.9 Å². The highest BCUT2D eigenvalue weighted by molar-refractivity contribution is 6.30. The summed E-state index contributed by atoms with van der Waals surface area (Å²) in [5.41, 5.74) is 2.76. The summed E-state index contributed by atoms with van der Waals surface area (Å²) in [5.74, 6) is 0.205. The van der Waals surface area contributed by atoms with E-state index in [1.54, 1.807) is 36.4 Å². The Balaban J connectivity index is 1.23. The predicted octanol–water partition coefficient (Wildman–Crippen LogP) is 6.58. The number of fused-ring (bicyclic) bond motifs is 1. The lowest BCUT2D eigenvalue weighted by Gasteiger charge is -2.40. The number of benzene rings is 3. The molecule has 9 nitrogen and oxygen atoms in total. The number of nitrogens with zero attached hydrogens (tertiary/aromatic N) is 8. The molecule has 0 N–H and O–H groups in total. The van der Waals surface area contributed by atoms with Gasteiger partial charge in [0, 0.05) is 48.6 Å². The summed E-state index contributed by atoms with van der Waals surface area (Å²) in [6, 6.07) is 21.1. The van der Waals surface area contributed by atoms with Crippen LogP contribution in [-0.2, 0) is 4.74 Å². The summed E-state index contributed by atoms with van der Waals surface area (Å²) < 4.78 is 49.2. The Labute approximate surface area is 262 Å². The number of hydrogen-bond donors (Lipinski definition) is 0. The van der Waals surface area contributed by atoms with Crippen LogP contribution in [0.15, 0.2) is 72.8 Å². The third kappa shape index (κ3) is 5.99. The minimum Gasteiger partial charge on any atom is -0.378 e. The maximum atomic E-state index is 14.3. The number of morpholine rings is 1. The van der Waals surface area contributed by atoms with Crippen LogP contribution in [0.4, 0.5) is 36.4 Å². The third-order valence-corrected chi connectivity index (χ3v) is 8.45. The van der Waals surface area contributed by atoms with E-state index in [0.717, 1.165) is 24.2 Å². The molecule has 4 heterocycles. The Bertz CT molecular complexity index is 1730. The van der Waals surface area contributed by atoms with Crippen LogP contribution < -0.4 is 14.7 Å². The predicted molar refractivity (Wildman–Crippen MR) is 168 cm³/mol. The monoisotopic (exact) mass is 634 g/mol. The van der Waals surface area contributed by atoms with Crippen LogP contribution in [0.5, 0.6) is 0 Å². The van der Waals surface area contributed by atoms with Gasteiger partial charge >= 0.3 is 0 Å². The summed E-state index contributed by atoms with van der Waals surface area (Å²) in [4.78, 5) is 24.7. The van der Waals surface area contributed by atoms with Gasteiger partial charge in [-0.25, -0.2) is 18.2 Å². The first-order valence-corrected chi connectivity index (χ1v) is 15.2. The van der Waals surface area contributed by atoms with Crippen LogP contribution in [0.25, 0.3) is 17.0 Å². The maximum Gasteiger partial charge on any atom is 0.296 e. The first-order chi connectivity index (χ1) is 21.9. The molecular formula is C32H30ClF3N8O. The largest absolute Gasteiger partial charge is 0.378 e. The Morgan fingerprint density at radius 2 is 1.31 bits per heavy atom. The second-order valence-electron chi connectivity index (χ2n) is 11.0. The molecule has 2 fully saturated rings. The molecule has 0 radical (unpaired) electrons.